The number of rotatable bonds is 7. The van der Waals surface area contributed by atoms with Gasteiger partial charge in [0.2, 0.25) is 5.91 Å². The maximum Gasteiger partial charge on any atom is 0.245 e. The second-order valence-electron chi connectivity index (χ2n) is 7.66. The van der Waals surface area contributed by atoms with Gasteiger partial charge in [0.15, 0.2) is 5.82 Å². The molecule has 35 heavy (non-hydrogen) atoms. The quantitative estimate of drug-likeness (QED) is 0.420. The Kier molecular flexibility index (Phi) is 9.44. The zero-order valence-electron chi connectivity index (χ0n) is 20.6. The fourth-order valence-electron chi connectivity index (χ4n) is 3.53. The van der Waals surface area contributed by atoms with Crippen LogP contribution in [0.15, 0.2) is 72.6 Å². The highest BCUT2D eigenvalue weighted by Gasteiger charge is 2.13. The van der Waals surface area contributed by atoms with Crippen molar-refractivity contribution in [1.82, 2.24) is 20.6 Å². The zero-order chi connectivity index (χ0) is 25.2. The summed E-state index contributed by atoms with van der Waals surface area (Å²) in [5.74, 6) is 1.31. The van der Waals surface area contributed by atoms with E-state index in [4.69, 9.17) is 21.3 Å². The third-order valence-electron chi connectivity index (χ3n) is 5.29. The number of benzene rings is 2. The van der Waals surface area contributed by atoms with Gasteiger partial charge in [0.05, 0.1) is 11.4 Å². The Bertz CT molecular complexity index is 1240. The molecule has 0 spiro atoms. The Morgan fingerprint density at radius 2 is 2.00 bits per heavy atom. The van der Waals surface area contributed by atoms with Crippen LogP contribution >= 0.6 is 11.6 Å². The van der Waals surface area contributed by atoms with E-state index in [-0.39, 0.29) is 5.91 Å². The molecule has 2 heterocycles. The molecule has 0 fully saturated rings. The fraction of sp³-hybridized carbons (Fsp3) is 0.250. The number of aromatic nitrogens is 2. The molecule has 0 aliphatic carbocycles. The van der Waals surface area contributed by atoms with Gasteiger partial charge in [0.25, 0.3) is 0 Å². The highest BCUT2D eigenvalue weighted by Crippen LogP contribution is 2.26. The van der Waals surface area contributed by atoms with Gasteiger partial charge in [-0.05, 0) is 49.7 Å². The molecule has 0 atom stereocenters. The summed E-state index contributed by atoms with van der Waals surface area (Å²) in [5.41, 5.74) is 5.27. The van der Waals surface area contributed by atoms with Crippen molar-refractivity contribution in [2.45, 2.75) is 40.7 Å². The van der Waals surface area contributed by atoms with E-state index < -0.39 is 0 Å². The number of amides is 1. The Balaban J connectivity index is 0.00000167. The Morgan fingerprint density at radius 3 is 2.71 bits per heavy atom. The molecule has 2 N–H and O–H groups in total. The van der Waals surface area contributed by atoms with Crippen LogP contribution in [0.5, 0.6) is 5.75 Å². The summed E-state index contributed by atoms with van der Waals surface area (Å²) in [6.07, 6.45) is 6.01. The average molecular weight is 491 g/mol. The first kappa shape index (κ1) is 26.0. The van der Waals surface area contributed by atoms with Crippen LogP contribution in [0.3, 0.4) is 0 Å². The molecule has 0 radical (unpaired) electrons. The van der Waals surface area contributed by atoms with Gasteiger partial charge in [-0.15, -0.1) is 0 Å². The Morgan fingerprint density at radius 1 is 1.20 bits per heavy atom. The Hall–Kier alpha value is -3.64. The summed E-state index contributed by atoms with van der Waals surface area (Å²) in [6.45, 7) is 8.95. The van der Waals surface area contributed by atoms with Crippen molar-refractivity contribution in [2.75, 3.05) is 6.54 Å². The van der Waals surface area contributed by atoms with E-state index in [0.29, 0.717) is 24.0 Å². The van der Waals surface area contributed by atoms with Crippen molar-refractivity contribution in [2.24, 2.45) is 0 Å². The van der Waals surface area contributed by atoms with Crippen LogP contribution in [0.1, 0.15) is 44.0 Å². The van der Waals surface area contributed by atoms with Gasteiger partial charge in [-0.3, -0.25) is 4.79 Å². The first-order valence-corrected chi connectivity index (χ1v) is 12.1. The molecule has 182 valence electrons. The van der Waals surface area contributed by atoms with Crippen molar-refractivity contribution in [1.29, 1.82) is 0 Å². The van der Waals surface area contributed by atoms with Gasteiger partial charge in [-0.1, -0.05) is 49.7 Å². The molecule has 4 rings (SSSR count). The maximum absolute atomic E-state index is 11.6. The van der Waals surface area contributed by atoms with Crippen LogP contribution in [0, 0.1) is 6.92 Å². The molecule has 0 bridgehead atoms. The first-order chi connectivity index (χ1) is 17.0. The average Bonchev–Trinajstić information content (AvgIpc) is 2.88. The molecular formula is C28H31ClN4O2. The first-order valence-electron chi connectivity index (χ1n) is 11.8. The van der Waals surface area contributed by atoms with Crippen molar-refractivity contribution < 1.29 is 9.53 Å². The molecule has 3 aromatic rings. The number of aryl methyl sites for hydroxylation is 1. The van der Waals surface area contributed by atoms with Crippen molar-refractivity contribution in [3.8, 4) is 17.1 Å². The smallest absolute Gasteiger partial charge is 0.245 e. The summed E-state index contributed by atoms with van der Waals surface area (Å²) in [6, 6.07) is 15.4. The molecule has 1 aliphatic rings. The van der Waals surface area contributed by atoms with Crippen LogP contribution in [0.25, 0.3) is 17.1 Å². The molecule has 7 heteroatoms. The van der Waals surface area contributed by atoms with Crippen molar-refractivity contribution in [3.05, 3.63) is 94.4 Å². The molecule has 1 aliphatic heterocycles. The van der Waals surface area contributed by atoms with Gasteiger partial charge < -0.3 is 15.4 Å². The number of ether oxygens (including phenoxy) is 1. The van der Waals surface area contributed by atoms with E-state index in [9.17, 15) is 4.79 Å². The number of hydrogen-bond donors (Lipinski definition) is 2. The minimum atomic E-state index is -0.0881. The number of nitrogens with zero attached hydrogens (tertiary/aromatic N) is 2. The number of halogens is 1. The summed E-state index contributed by atoms with van der Waals surface area (Å²) < 4.78 is 5.98. The number of carbonyl (C=O) groups excluding carboxylic acids is 1. The van der Waals surface area contributed by atoms with Gasteiger partial charge in [0.1, 0.15) is 12.4 Å². The summed E-state index contributed by atoms with van der Waals surface area (Å²) in [7, 11) is 0. The predicted octanol–water partition coefficient (Wildman–Crippen LogP) is 6.06. The summed E-state index contributed by atoms with van der Waals surface area (Å²) >= 11 is 6.23. The zero-order valence-corrected chi connectivity index (χ0v) is 21.3. The SMILES string of the molecule is C/C=C(\NC1=CC(=O)NCC1)c1ccnc(-c2ccc(OCc3ccccc3Cl)c(C)c2)n1.CC. The second kappa shape index (κ2) is 12.7. The van der Waals surface area contributed by atoms with Crippen LogP contribution in [-0.2, 0) is 11.4 Å². The highest BCUT2D eigenvalue weighted by molar-refractivity contribution is 6.31. The second-order valence-corrected chi connectivity index (χ2v) is 8.07. The number of hydrogen-bond acceptors (Lipinski definition) is 5. The summed E-state index contributed by atoms with van der Waals surface area (Å²) in [5, 5.41) is 6.81. The highest BCUT2D eigenvalue weighted by atomic mass is 35.5. The largest absolute Gasteiger partial charge is 0.489 e. The van der Waals surface area contributed by atoms with Gasteiger partial charge in [0, 0.05) is 47.1 Å². The minimum Gasteiger partial charge on any atom is -0.489 e. The standard InChI is InChI=1S/C26H25ClN4O2.C2H6/c1-3-22(30-20-10-12-28-25(32)15-20)23-11-13-29-26(31-23)18-8-9-24(17(2)14-18)33-16-19-6-4-5-7-21(19)27;1-2/h3-9,11,13-15,30H,10,12,16H2,1-2H3,(H,28,32);1-2H3/b22-3-;. The third kappa shape index (κ3) is 6.93. The molecular weight excluding hydrogens is 460 g/mol. The maximum atomic E-state index is 11.6. The van der Waals surface area contributed by atoms with E-state index in [2.05, 4.69) is 15.6 Å². The normalized spacial score (nSPS) is 13.2. The minimum absolute atomic E-state index is 0.0881. The van der Waals surface area contributed by atoms with Gasteiger partial charge in [-0.2, -0.15) is 0 Å². The Labute approximate surface area is 212 Å². The third-order valence-corrected chi connectivity index (χ3v) is 5.66. The lowest BCUT2D eigenvalue weighted by Crippen LogP contribution is -2.30. The van der Waals surface area contributed by atoms with Crippen molar-refractivity contribution in [3.63, 3.8) is 0 Å². The van der Waals surface area contributed by atoms with Crippen LogP contribution < -0.4 is 15.4 Å². The van der Waals surface area contributed by atoms with E-state index in [0.717, 1.165) is 45.9 Å². The van der Waals surface area contributed by atoms with E-state index >= 15 is 0 Å². The van der Waals surface area contributed by atoms with E-state index in [1.165, 1.54) is 0 Å². The lowest BCUT2D eigenvalue weighted by Gasteiger charge is -2.18. The summed E-state index contributed by atoms with van der Waals surface area (Å²) in [4.78, 5) is 20.8. The molecule has 0 saturated carbocycles. The molecule has 0 saturated heterocycles. The lowest BCUT2D eigenvalue weighted by atomic mass is 10.1. The van der Waals surface area contributed by atoms with Crippen LogP contribution in [0.4, 0.5) is 0 Å². The monoisotopic (exact) mass is 490 g/mol. The topological polar surface area (TPSA) is 76.1 Å². The fourth-order valence-corrected chi connectivity index (χ4v) is 3.72. The van der Waals surface area contributed by atoms with Crippen molar-refractivity contribution >= 4 is 23.2 Å². The van der Waals surface area contributed by atoms with Crippen LogP contribution in [-0.4, -0.2) is 22.4 Å². The molecule has 2 aromatic carbocycles. The van der Waals surface area contributed by atoms with E-state index in [1.54, 1.807) is 12.3 Å². The van der Waals surface area contributed by atoms with Gasteiger partial charge in [-0.25, -0.2) is 9.97 Å². The molecule has 1 amide bonds. The van der Waals surface area contributed by atoms with Crippen LogP contribution in [0.2, 0.25) is 5.02 Å². The van der Waals surface area contributed by atoms with Gasteiger partial charge >= 0.3 is 0 Å². The number of carbonyl (C=O) groups is 1. The number of nitrogens with one attached hydrogen (secondary N) is 2. The molecule has 6 nitrogen and oxygen atoms in total. The number of allylic oxidation sites excluding steroid dienone is 1. The van der Waals surface area contributed by atoms with E-state index in [1.807, 2.05) is 82.3 Å². The lowest BCUT2D eigenvalue weighted by molar-refractivity contribution is -0.116. The predicted molar refractivity (Wildman–Crippen MR) is 142 cm³/mol. The molecule has 0 unspecified atom stereocenters. The molecule has 1 aromatic heterocycles.